The van der Waals surface area contributed by atoms with E-state index in [1.54, 1.807) is 0 Å². The molecule has 1 unspecified atom stereocenters. The van der Waals surface area contributed by atoms with Gasteiger partial charge in [0, 0.05) is 0 Å². The van der Waals surface area contributed by atoms with Gasteiger partial charge in [-0.25, -0.2) is 0 Å². The fraction of sp³-hybridized carbons (Fsp3) is 0.379. The number of hydrogen-bond donors (Lipinski definition) is 0. The Labute approximate surface area is 408 Å². The van der Waals surface area contributed by atoms with Crippen LogP contribution in [0.25, 0.3) is 0 Å². The molecule has 69 heavy (non-hydrogen) atoms. The van der Waals surface area contributed by atoms with E-state index in [0.29, 0.717) is 19.8 Å². The highest BCUT2D eigenvalue weighted by Crippen LogP contribution is 2.43. The van der Waals surface area contributed by atoms with Crippen LogP contribution >= 0.6 is 0 Å². The highest BCUT2D eigenvalue weighted by Gasteiger charge is 2.60. The van der Waals surface area contributed by atoms with Gasteiger partial charge in [-0.2, -0.15) is 0 Å². The van der Waals surface area contributed by atoms with Crippen molar-refractivity contribution in [1.82, 2.24) is 0 Å². The first kappa shape index (κ1) is 49.1. The lowest BCUT2D eigenvalue weighted by Crippen LogP contribution is -2.67. The molecule has 3 heterocycles. The molecule has 0 saturated carbocycles. The summed E-state index contributed by atoms with van der Waals surface area (Å²) in [6.07, 6.45) is -6.47. The molecule has 6 aromatic rings. The second kappa shape index (κ2) is 22.5. The van der Waals surface area contributed by atoms with E-state index >= 15 is 0 Å². The van der Waals surface area contributed by atoms with Gasteiger partial charge in [0.05, 0.1) is 39.6 Å². The second-order valence-electron chi connectivity index (χ2n) is 19.5. The highest BCUT2D eigenvalue weighted by atomic mass is 28.4. The first-order valence-electron chi connectivity index (χ1n) is 24.2. The summed E-state index contributed by atoms with van der Waals surface area (Å²) in [5, 5.41) is 2.05. The molecule has 0 bridgehead atoms. The van der Waals surface area contributed by atoms with Gasteiger partial charge in [-0.15, -0.1) is 0 Å². The molecule has 0 aromatic heterocycles. The first-order valence-corrected chi connectivity index (χ1v) is 26.1. The zero-order chi connectivity index (χ0) is 47.7. The maximum atomic E-state index is 7.52. The summed E-state index contributed by atoms with van der Waals surface area (Å²) in [5.41, 5.74) is 4.06. The average molecular weight is 951 g/mol. The number of fused-ring (bicyclic) bond motifs is 1. The molecule has 3 aliphatic rings. The minimum absolute atomic E-state index is 0.186. The Bertz CT molecular complexity index is 2400. The predicted octanol–water partition coefficient (Wildman–Crippen LogP) is 9.52. The molecule has 9 rings (SSSR count). The third kappa shape index (κ3) is 11.8. The van der Waals surface area contributed by atoms with Crippen molar-refractivity contribution in [2.45, 2.75) is 127 Å². The van der Waals surface area contributed by atoms with Crippen LogP contribution < -0.4 is 10.4 Å². The van der Waals surface area contributed by atoms with E-state index in [1.807, 2.05) is 123 Å². The first-order chi connectivity index (χ1) is 33.6. The summed E-state index contributed by atoms with van der Waals surface area (Å²) in [5.74, 6) is -0.928. The summed E-state index contributed by atoms with van der Waals surface area (Å²) >= 11 is 0. The minimum atomic E-state index is -3.01. The lowest BCUT2D eigenvalue weighted by molar-refractivity contribution is -0.344. The highest BCUT2D eigenvalue weighted by molar-refractivity contribution is 6.99. The van der Waals surface area contributed by atoms with Gasteiger partial charge in [-0.3, -0.25) is 0 Å². The Morgan fingerprint density at radius 2 is 0.884 bits per heavy atom. The van der Waals surface area contributed by atoms with E-state index < -0.39 is 69.4 Å². The molecule has 3 aliphatic heterocycles. The van der Waals surface area contributed by atoms with Crippen LogP contribution in [0.15, 0.2) is 182 Å². The molecule has 0 amide bonds. The van der Waals surface area contributed by atoms with Crippen LogP contribution in [0.3, 0.4) is 0 Å². The molecule has 362 valence electrons. The van der Waals surface area contributed by atoms with Crippen molar-refractivity contribution in [2.24, 2.45) is 0 Å². The Kier molecular flexibility index (Phi) is 16.0. The lowest BCUT2D eigenvalue weighted by atomic mass is 9.97. The number of ether oxygens (including phenoxy) is 9. The zero-order valence-corrected chi connectivity index (χ0v) is 41.3. The van der Waals surface area contributed by atoms with E-state index in [1.165, 1.54) is 0 Å². The molecule has 10 nitrogen and oxygen atoms in total. The molecule has 3 saturated heterocycles. The van der Waals surface area contributed by atoms with Gasteiger partial charge < -0.3 is 47.1 Å². The zero-order valence-electron chi connectivity index (χ0n) is 40.3. The number of hydrogen-bond acceptors (Lipinski definition) is 10. The average Bonchev–Trinajstić information content (AvgIpc) is 3.84. The summed E-state index contributed by atoms with van der Waals surface area (Å²) in [6.45, 7) is 12.2. The molecule has 9 atom stereocenters. The molecule has 11 heteroatoms. The Hall–Kier alpha value is -4.86. The van der Waals surface area contributed by atoms with E-state index in [2.05, 4.69) is 93.6 Å². The van der Waals surface area contributed by atoms with E-state index in [-0.39, 0.29) is 24.9 Å². The van der Waals surface area contributed by atoms with Gasteiger partial charge in [0.1, 0.15) is 42.7 Å². The Balaban J connectivity index is 1.09. The van der Waals surface area contributed by atoms with Gasteiger partial charge in [0.25, 0.3) is 8.32 Å². The van der Waals surface area contributed by atoms with Crippen molar-refractivity contribution in [3.63, 3.8) is 0 Å². The third-order valence-corrected chi connectivity index (χ3v) is 18.1. The maximum Gasteiger partial charge on any atom is 0.261 e. The molecule has 0 N–H and O–H groups in total. The molecule has 0 aliphatic carbocycles. The molecule has 6 aromatic carbocycles. The lowest BCUT2D eigenvalue weighted by Gasteiger charge is -2.47. The predicted molar refractivity (Wildman–Crippen MR) is 267 cm³/mol. The second-order valence-corrected chi connectivity index (χ2v) is 23.9. The van der Waals surface area contributed by atoms with Crippen molar-refractivity contribution in [3.8, 4) is 0 Å². The van der Waals surface area contributed by atoms with Gasteiger partial charge in [0.15, 0.2) is 18.4 Å². The summed E-state index contributed by atoms with van der Waals surface area (Å²) in [6, 6.07) is 61.7. The van der Waals surface area contributed by atoms with Crippen molar-refractivity contribution in [1.29, 1.82) is 0 Å². The van der Waals surface area contributed by atoms with Crippen LogP contribution in [-0.2, 0) is 73.5 Å². The van der Waals surface area contributed by atoms with Crippen molar-refractivity contribution in [2.75, 3.05) is 13.2 Å². The largest absolute Gasteiger partial charge is 0.405 e. The summed E-state index contributed by atoms with van der Waals surface area (Å²) < 4.78 is 69.6. The number of benzene rings is 6. The van der Waals surface area contributed by atoms with E-state index in [0.717, 1.165) is 32.6 Å². The van der Waals surface area contributed by atoms with Gasteiger partial charge in [-0.05, 0) is 51.5 Å². The molecule has 3 fully saturated rings. The van der Waals surface area contributed by atoms with E-state index in [4.69, 9.17) is 47.1 Å². The molecular formula is C58H66O10Si. The smallest absolute Gasteiger partial charge is 0.261 e. The van der Waals surface area contributed by atoms with Crippen LogP contribution in [0.5, 0.6) is 0 Å². The van der Waals surface area contributed by atoms with Crippen molar-refractivity contribution >= 4 is 18.7 Å². The van der Waals surface area contributed by atoms with Gasteiger partial charge in [-0.1, -0.05) is 203 Å². The van der Waals surface area contributed by atoms with Crippen LogP contribution in [-0.4, -0.2) is 82.6 Å². The third-order valence-electron chi connectivity index (χ3n) is 13.1. The normalized spacial score (nSPS) is 25.6. The van der Waals surface area contributed by atoms with Gasteiger partial charge in [0.2, 0.25) is 0 Å². The van der Waals surface area contributed by atoms with Gasteiger partial charge >= 0.3 is 0 Å². The van der Waals surface area contributed by atoms with E-state index in [9.17, 15) is 0 Å². The minimum Gasteiger partial charge on any atom is -0.405 e. The van der Waals surface area contributed by atoms with Crippen molar-refractivity contribution < 1.29 is 47.1 Å². The number of rotatable bonds is 20. The fourth-order valence-electron chi connectivity index (χ4n) is 9.83. The van der Waals surface area contributed by atoms with Crippen LogP contribution in [0.1, 0.15) is 56.9 Å². The quantitative estimate of drug-likeness (QED) is 0.0690. The molecule has 0 spiro atoms. The SMILES string of the molecule is CC1(C)O[C@H]2O[C@H](CO[Si](c3ccccc3)(c3ccccc3)C(C)(C)C)[C@H](OC3O[C@H](COCc4ccccc4)[C@@H](OCc4ccccc4)[C@H](OCc4ccccc4)[C@H]3OCc3ccccc3)[C@H]2O1. The molecule has 0 radical (unpaired) electrons. The summed E-state index contributed by atoms with van der Waals surface area (Å²) in [4.78, 5) is 0. The standard InChI is InChI=1S/C58H66O10Si/c1-57(2,3)69(46-32-20-10-21-33-46,47-34-22-11-23-35-47)63-41-49-51(54-56(65-49)68-58(4,5)67-54)66-55-53(62-39-45-30-18-9-19-31-45)52(61-38-44-28-16-8-17-29-44)50(60-37-43-26-14-7-15-27-43)48(64-55)40-59-36-42-24-12-6-13-25-42/h6-35,48-56H,36-41H2,1-5H3/t48-,49-,50-,51+,52+,53-,54-,55?,56-/m1/s1. The maximum absolute atomic E-state index is 7.52. The summed E-state index contributed by atoms with van der Waals surface area (Å²) in [7, 11) is -3.01. The fourth-order valence-corrected chi connectivity index (χ4v) is 14.4. The topological polar surface area (TPSA) is 92.3 Å². The van der Waals surface area contributed by atoms with Crippen LogP contribution in [0.4, 0.5) is 0 Å². The van der Waals surface area contributed by atoms with Crippen LogP contribution in [0, 0.1) is 0 Å². The monoisotopic (exact) mass is 950 g/mol. The van der Waals surface area contributed by atoms with Crippen molar-refractivity contribution in [3.05, 3.63) is 204 Å². The Morgan fingerprint density at radius 3 is 1.36 bits per heavy atom. The molecular weight excluding hydrogens is 885 g/mol. The Morgan fingerprint density at radius 1 is 0.464 bits per heavy atom. The van der Waals surface area contributed by atoms with Crippen LogP contribution in [0.2, 0.25) is 5.04 Å².